The summed E-state index contributed by atoms with van der Waals surface area (Å²) in [6, 6.07) is 0. The van der Waals surface area contributed by atoms with E-state index in [9.17, 15) is 0 Å². The van der Waals surface area contributed by atoms with Crippen molar-refractivity contribution in [2.24, 2.45) is 11.8 Å². The van der Waals surface area contributed by atoms with Crippen LogP contribution in [0.25, 0.3) is 0 Å². The Balaban J connectivity index is 1.69. The maximum atomic E-state index is 4.94. The Morgan fingerprint density at radius 1 is 1.42 bits per heavy atom. The molecule has 1 heterocycles. The number of rotatable bonds is 7. The molecule has 1 N–H and O–H groups in total. The predicted octanol–water partition coefficient (Wildman–Crippen LogP) is 3.22. The highest BCUT2D eigenvalue weighted by molar-refractivity contribution is 7.15. The van der Waals surface area contributed by atoms with E-state index in [0.717, 1.165) is 30.8 Å². The van der Waals surface area contributed by atoms with E-state index in [1.807, 2.05) is 11.3 Å². The van der Waals surface area contributed by atoms with E-state index >= 15 is 0 Å². The third kappa shape index (κ3) is 3.11. The van der Waals surface area contributed by atoms with Gasteiger partial charge in [0.05, 0.1) is 5.69 Å². The number of aromatic nitrogens is 1. The van der Waals surface area contributed by atoms with Gasteiger partial charge in [-0.1, -0.05) is 13.8 Å². The molecule has 0 spiro atoms. The second-order valence-corrected chi connectivity index (χ2v) is 7.28. The Kier molecular flexibility index (Phi) is 3.81. The fraction of sp³-hybridized carbons (Fsp3) is 0.800. The SMILES string of the molecule is CCNCc1sc(N(C)CC2CC2C)nc1C1CC1. The summed E-state index contributed by atoms with van der Waals surface area (Å²) < 4.78 is 0. The Hall–Kier alpha value is -0.610. The summed E-state index contributed by atoms with van der Waals surface area (Å²) >= 11 is 1.90. The zero-order valence-corrected chi connectivity index (χ0v) is 13.1. The molecule has 3 nitrogen and oxygen atoms in total. The first kappa shape index (κ1) is 13.4. The van der Waals surface area contributed by atoms with E-state index in [0.29, 0.717) is 0 Å². The molecular weight excluding hydrogens is 254 g/mol. The van der Waals surface area contributed by atoms with Gasteiger partial charge in [0.2, 0.25) is 0 Å². The van der Waals surface area contributed by atoms with Crippen LogP contribution in [-0.4, -0.2) is 25.1 Å². The first-order chi connectivity index (χ1) is 9.19. The highest BCUT2D eigenvalue weighted by Gasteiger charge is 2.34. The minimum atomic E-state index is 0.756. The van der Waals surface area contributed by atoms with Crippen molar-refractivity contribution in [2.45, 2.75) is 45.6 Å². The van der Waals surface area contributed by atoms with Gasteiger partial charge in [-0.05, 0) is 37.6 Å². The standard InChI is InChI=1S/C15H25N3S/c1-4-16-8-13-14(11-5-6-11)17-15(19-13)18(3)9-12-7-10(12)2/h10-12,16H,4-9H2,1-3H3. The molecule has 2 saturated carbocycles. The Labute approximate surface area is 120 Å². The molecular formula is C15H25N3S. The molecule has 2 fully saturated rings. The van der Waals surface area contributed by atoms with Crippen molar-refractivity contribution in [3.8, 4) is 0 Å². The summed E-state index contributed by atoms with van der Waals surface area (Å²) in [6.45, 7) is 7.73. The lowest BCUT2D eigenvalue weighted by Gasteiger charge is -2.15. The van der Waals surface area contributed by atoms with Crippen LogP contribution in [0.2, 0.25) is 0 Å². The number of anilines is 1. The molecule has 0 aliphatic heterocycles. The maximum absolute atomic E-state index is 4.94. The van der Waals surface area contributed by atoms with Crippen LogP contribution in [-0.2, 0) is 6.54 Å². The summed E-state index contributed by atoms with van der Waals surface area (Å²) in [5, 5.41) is 4.68. The van der Waals surface area contributed by atoms with Crippen LogP contribution >= 0.6 is 11.3 Å². The van der Waals surface area contributed by atoms with Crippen LogP contribution in [0, 0.1) is 11.8 Å². The Bertz CT molecular complexity index is 439. The highest BCUT2D eigenvalue weighted by Crippen LogP contribution is 2.45. The zero-order chi connectivity index (χ0) is 13.4. The molecule has 1 aromatic rings. The smallest absolute Gasteiger partial charge is 0.185 e. The van der Waals surface area contributed by atoms with Crippen LogP contribution < -0.4 is 10.2 Å². The summed E-state index contributed by atoms with van der Waals surface area (Å²) in [4.78, 5) is 8.78. The van der Waals surface area contributed by atoms with E-state index in [2.05, 4.69) is 31.1 Å². The van der Waals surface area contributed by atoms with Gasteiger partial charge in [-0.2, -0.15) is 0 Å². The van der Waals surface area contributed by atoms with Crippen molar-refractivity contribution < 1.29 is 0 Å². The van der Waals surface area contributed by atoms with E-state index < -0.39 is 0 Å². The third-order valence-corrected chi connectivity index (χ3v) is 5.51. The molecule has 0 aromatic carbocycles. The molecule has 19 heavy (non-hydrogen) atoms. The van der Waals surface area contributed by atoms with Gasteiger partial charge >= 0.3 is 0 Å². The van der Waals surface area contributed by atoms with Crippen LogP contribution in [0.1, 0.15) is 49.6 Å². The predicted molar refractivity (Wildman–Crippen MR) is 82.0 cm³/mol. The summed E-state index contributed by atoms with van der Waals surface area (Å²) in [7, 11) is 2.21. The van der Waals surface area contributed by atoms with Crippen LogP contribution in [0.5, 0.6) is 0 Å². The first-order valence-electron chi connectivity index (χ1n) is 7.60. The van der Waals surface area contributed by atoms with Gasteiger partial charge in [0.25, 0.3) is 0 Å². The number of thiazole rings is 1. The van der Waals surface area contributed by atoms with Crippen LogP contribution in [0.4, 0.5) is 5.13 Å². The average Bonchev–Trinajstić information content (AvgIpc) is 3.30. The van der Waals surface area contributed by atoms with Gasteiger partial charge in [-0.15, -0.1) is 11.3 Å². The van der Waals surface area contributed by atoms with Gasteiger partial charge in [-0.25, -0.2) is 4.98 Å². The molecule has 4 heteroatoms. The minimum absolute atomic E-state index is 0.756. The fourth-order valence-corrected chi connectivity index (χ4v) is 3.72. The molecule has 106 valence electrons. The molecule has 2 aliphatic rings. The van der Waals surface area contributed by atoms with Gasteiger partial charge in [0, 0.05) is 30.9 Å². The largest absolute Gasteiger partial charge is 0.351 e. The monoisotopic (exact) mass is 279 g/mol. The van der Waals surface area contributed by atoms with Crippen molar-refractivity contribution in [3.05, 3.63) is 10.6 Å². The summed E-state index contributed by atoms with van der Waals surface area (Å²) in [6.07, 6.45) is 4.08. The zero-order valence-electron chi connectivity index (χ0n) is 12.3. The lowest BCUT2D eigenvalue weighted by molar-refractivity contribution is 0.720. The second kappa shape index (κ2) is 5.41. The van der Waals surface area contributed by atoms with Gasteiger partial charge in [0.15, 0.2) is 5.13 Å². The van der Waals surface area contributed by atoms with Crippen LogP contribution in [0.15, 0.2) is 0 Å². The molecule has 1 aromatic heterocycles. The van der Waals surface area contributed by atoms with Crippen molar-refractivity contribution in [2.75, 3.05) is 25.0 Å². The van der Waals surface area contributed by atoms with E-state index in [1.165, 1.54) is 41.5 Å². The Morgan fingerprint density at radius 3 is 2.74 bits per heavy atom. The number of nitrogens with zero attached hydrogens (tertiary/aromatic N) is 2. The van der Waals surface area contributed by atoms with Crippen molar-refractivity contribution in [1.29, 1.82) is 0 Å². The molecule has 2 aliphatic carbocycles. The third-order valence-electron chi connectivity index (χ3n) is 4.33. The maximum Gasteiger partial charge on any atom is 0.185 e. The molecule has 3 rings (SSSR count). The second-order valence-electron chi connectivity index (χ2n) is 6.21. The molecule has 0 amide bonds. The lowest BCUT2D eigenvalue weighted by Crippen LogP contribution is -2.20. The quantitative estimate of drug-likeness (QED) is 0.830. The molecule has 2 unspecified atom stereocenters. The highest BCUT2D eigenvalue weighted by atomic mass is 32.1. The number of nitrogens with one attached hydrogen (secondary N) is 1. The first-order valence-corrected chi connectivity index (χ1v) is 8.42. The van der Waals surface area contributed by atoms with Crippen molar-refractivity contribution >= 4 is 16.5 Å². The molecule has 0 radical (unpaired) electrons. The summed E-state index contributed by atoms with van der Waals surface area (Å²) in [5.41, 5.74) is 1.39. The van der Waals surface area contributed by atoms with Gasteiger partial charge < -0.3 is 10.2 Å². The number of hydrogen-bond donors (Lipinski definition) is 1. The number of hydrogen-bond acceptors (Lipinski definition) is 4. The van der Waals surface area contributed by atoms with Gasteiger partial charge in [-0.3, -0.25) is 0 Å². The lowest BCUT2D eigenvalue weighted by atomic mass is 10.2. The topological polar surface area (TPSA) is 28.2 Å². The van der Waals surface area contributed by atoms with E-state index in [4.69, 9.17) is 4.98 Å². The normalized spacial score (nSPS) is 25.6. The van der Waals surface area contributed by atoms with E-state index in [1.54, 1.807) is 0 Å². The van der Waals surface area contributed by atoms with Gasteiger partial charge in [0.1, 0.15) is 0 Å². The molecule has 0 bridgehead atoms. The Morgan fingerprint density at radius 2 is 2.16 bits per heavy atom. The van der Waals surface area contributed by atoms with Crippen molar-refractivity contribution in [3.63, 3.8) is 0 Å². The molecule has 0 saturated heterocycles. The molecule has 2 atom stereocenters. The summed E-state index contributed by atoms with van der Waals surface area (Å²) in [5.74, 6) is 2.58. The average molecular weight is 279 g/mol. The van der Waals surface area contributed by atoms with Crippen LogP contribution in [0.3, 0.4) is 0 Å². The minimum Gasteiger partial charge on any atom is -0.351 e. The fourth-order valence-electron chi connectivity index (χ4n) is 2.64. The van der Waals surface area contributed by atoms with Crippen molar-refractivity contribution in [1.82, 2.24) is 10.3 Å². The van der Waals surface area contributed by atoms with E-state index in [-0.39, 0.29) is 0 Å².